The fraction of sp³-hybridized carbons (Fsp3) is 0.429. The number of pyridine rings is 1. The van der Waals surface area contributed by atoms with E-state index in [0.717, 1.165) is 40.9 Å². The second kappa shape index (κ2) is 11.0. The van der Waals surface area contributed by atoms with Gasteiger partial charge in [0.25, 0.3) is 5.91 Å². The number of aryl methyl sites for hydroxylation is 1. The molecule has 1 saturated heterocycles. The number of methoxy groups -OCH3 is 1. The first-order chi connectivity index (χ1) is 16.4. The lowest BCUT2D eigenvalue weighted by Crippen LogP contribution is -2.51. The zero-order valence-electron chi connectivity index (χ0n) is 20.7. The molecule has 0 spiro atoms. The molecule has 1 amide bonds. The molecule has 0 unspecified atom stereocenters. The van der Waals surface area contributed by atoms with Crippen LogP contribution < -0.4 is 4.74 Å². The van der Waals surface area contributed by atoms with Crippen LogP contribution in [0.2, 0.25) is 0 Å². The third-order valence-corrected chi connectivity index (χ3v) is 6.20. The van der Waals surface area contributed by atoms with Gasteiger partial charge < -0.3 is 14.4 Å². The van der Waals surface area contributed by atoms with Gasteiger partial charge in [-0.15, -0.1) is 0 Å². The van der Waals surface area contributed by atoms with Gasteiger partial charge in [-0.2, -0.15) is 0 Å². The predicted molar refractivity (Wildman–Crippen MR) is 135 cm³/mol. The van der Waals surface area contributed by atoms with Crippen molar-refractivity contribution in [2.75, 3.05) is 33.4 Å². The summed E-state index contributed by atoms with van der Waals surface area (Å²) in [6.07, 6.45) is 1.33. The lowest BCUT2D eigenvalue weighted by atomic mass is 10.1. The fourth-order valence-corrected chi connectivity index (χ4v) is 4.54. The summed E-state index contributed by atoms with van der Waals surface area (Å²) in [6.45, 7) is 10.2. The van der Waals surface area contributed by atoms with Crippen molar-refractivity contribution in [3.05, 3.63) is 71.4 Å². The van der Waals surface area contributed by atoms with E-state index in [4.69, 9.17) is 9.47 Å². The van der Waals surface area contributed by atoms with E-state index >= 15 is 0 Å². The van der Waals surface area contributed by atoms with Gasteiger partial charge in [-0.3, -0.25) is 14.7 Å². The molecule has 2 aromatic carbocycles. The van der Waals surface area contributed by atoms with Gasteiger partial charge in [0.1, 0.15) is 11.9 Å². The largest absolute Gasteiger partial charge is 0.496 e. The molecule has 1 fully saturated rings. The zero-order chi connectivity index (χ0) is 24.1. The smallest absolute Gasteiger partial charge is 0.253 e. The maximum Gasteiger partial charge on any atom is 0.253 e. The third-order valence-electron chi connectivity index (χ3n) is 6.20. The van der Waals surface area contributed by atoms with Gasteiger partial charge in [-0.05, 0) is 48.2 Å². The fourth-order valence-electron chi connectivity index (χ4n) is 4.54. The zero-order valence-corrected chi connectivity index (χ0v) is 20.7. The first-order valence-electron chi connectivity index (χ1n) is 12.0. The van der Waals surface area contributed by atoms with E-state index in [-0.39, 0.29) is 5.91 Å². The molecule has 0 aliphatic carbocycles. The van der Waals surface area contributed by atoms with Crippen LogP contribution in [0.5, 0.6) is 5.75 Å². The molecule has 6 heteroatoms. The van der Waals surface area contributed by atoms with E-state index in [2.05, 4.69) is 67.1 Å². The predicted octanol–water partition coefficient (Wildman–Crippen LogP) is 4.44. The molecule has 34 heavy (non-hydrogen) atoms. The molecule has 3 aromatic rings. The Morgan fingerprint density at radius 1 is 1.24 bits per heavy atom. The molecule has 0 bridgehead atoms. The highest BCUT2D eigenvalue weighted by Crippen LogP contribution is 2.23. The van der Waals surface area contributed by atoms with Gasteiger partial charge in [0.05, 0.1) is 19.2 Å². The summed E-state index contributed by atoms with van der Waals surface area (Å²) in [5.41, 5.74) is 4.37. The highest BCUT2D eigenvalue weighted by atomic mass is 16.5. The number of nitrogens with zero attached hydrogens (tertiary/aromatic N) is 3. The monoisotopic (exact) mass is 461 g/mol. The van der Waals surface area contributed by atoms with Crippen molar-refractivity contribution in [2.24, 2.45) is 5.92 Å². The molecule has 1 aliphatic heterocycles. The summed E-state index contributed by atoms with van der Waals surface area (Å²) < 4.78 is 11.6. The standard InChI is InChI=1S/C28H35N3O3/c1-20(2)16-31(17-22-8-10-25-23(15-22)6-5-11-29-25)28(32)27-19-30(12-13-34-27)18-24-9-7-21(3)14-26(24)33-4/h5-11,14-15,20,27H,12-13,16-19H2,1-4H3/t27-/m1/s1. The van der Waals surface area contributed by atoms with Crippen molar-refractivity contribution < 1.29 is 14.3 Å². The van der Waals surface area contributed by atoms with Crippen LogP contribution in [0.25, 0.3) is 10.9 Å². The number of amides is 1. The first kappa shape index (κ1) is 24.2. The summed E-state index contributed by atoms with van der Waals surface area (Å²) in [5, 5.41) is 1.09. The third kappa shape index (κ3) is 5.93. The minimum absolute atomic E-state index is 0.0561. The maximum atomic E-state index is 13.6. The Labute approximate surface area is 202 Å². The van der Waals surface area contributed by atoms with Crippen molar-refractivity contribution in [1.29, 1.82) is 0 Å². The van der Waals surface area contributed by atoms with Crippen LogP contribution in [0.1, 0.15) is 30.5 Å². The summed E-state index contributed by atoms with van der Waals surface area (Å²) in [5.74, 6) is 1.31. The molecule has 6 nitrogen and oxygen atoms in total. The van der Waals surface area contributed by atoms with Crippen molar-refractivity contribution in [3.8, 4) is 5.75 Å². The van der Waals surface area contributed by atoms with E-state index in [1.54, 1.807) is 13.3 Å². The average molecular weight is 462 g/mol. The minimum atomic E-state index is -0.467. The van der Waals surface area contributed by atoms with Crippen LogP contribution in [0.4, 0.5) is 0 Å². The number of hydrogen-bond acceptors (Lipinski definition) is 5. The number of benzene rings is 2. The molecular weight excluding hydrogens is 426 g/mol. The van der Waals surface area contributed by atoms with Crippen LogP contribution in [-0.4, -0.2) is 60.1 Å². The molecule has 2 heterocycles. The van der Waals surface area contributed by atoms with Crippen LogP contribution in [0.15, 0.2) is 54.7 Å². The Bertz CT molecular complexity index is 1130. The van der Waals surface area contributed by atoms with Crippen molar-refractivity contribution >= 4 is 16.8 Å². The molecule has 180 valence electrons. The molecule has 0 N–H and O–H groups in total. The quantitative estimate of drug-likeness (QED) is 0.497. The van der Waals surface area contributed by atoms with Crippen molar-refractivity contribution in [1.82, 2.24) is 14.8 Å². The molecular formula is C28H35N3O3. The number of fused-ring (bicyclic) bond motifs is 1. The summed E-state index contributed by atoms with van der Waals surface area (Å²) >= 11 is 0. The number of aromatic nitrogens is 1. The Kier molecular flexibility index (Phi) is 7.80. The number of carbonyl (C=O) groups excluding carboxylic acids is 1. The van der Waals surface area contributed by atoms with E-state index in [9.17, 15) is 4.79 Å². The second-order valence-corrected chi connectivity index (χ2v) is 9.55. The summed E-state index contributed by atoms with van der Waals surface area (Å²) in [6, 6.07) is 16.5. The summed E-state index contributed by atoms with van der Waals surface area (Å²) in [4.78, 5) is 22.2. The lowest BCUT2D eigenvalue weighted by Gasteiger charge is -2.35. The Hall–Kier alpha value is -2.96. The minimum Gasteiger partial charge on any atom is -0.496 e. The molecule has 1 atom stereocenters. The molecule has 0 saturated carbocycles. The van der Waals surface area contributed by atoms with Crippen LogP contribution in [-0.2, 0) is 22.6 Å². The molecule has 1 aliphatic rings. The Morgan fingerprint density at radius 3 is 2.88 bits per heavy atom. The Morgan fingerprint density at radius 2 is 2.09 bits per heavy atom. The molecule has 4 rings (SSSR count). The van der Waals surface area contributed by atoms with Gasteiger partial charge in [0.2, 0.25) is 0 Å². The lowest BCUT2D eigenvalue weighted by molar-refractivity contribution is -0.151. The van der Waals surface area contributed by atoms with E-state index < -0.39 is 6.10 Å². The number of ether oxygens (including phenoxy) is 2. The first-order valence-corrected chi connectivity index (χ1v) is 12.0. The van der Waals surface area contributed by atoms with E-state index in [0.29, 0.717) is 32.2 Å². The van der Waals surface area contributed by atoms with Crippen LogP contribution >= 0.6 is 0 Å². The SMILES string of the molecule is COc1cc(C)ccc1CN1CCO[C@@H](C(=O)N(Cc2ccc3ncccc3c2)CC(C)C)C1. The molecule has 0 radical (unpaired) electrons. The van der Waals surface area contributed by atoms with Gasteiger partial charge in [0.15, 0.2) is 0 Å². The van der Waals surface area contributed by atoms with Crippen LogP contribution in [0, 0.1) is 12.8 Å². The normalized spacial score (nSPS) is 16.7. The summed E-state index contributed by atoms with van der Waals surface area (Å²) in [7, 11) is 1.70. The highest BCUT2D eigenvalue weighted by Gasteiger charge is 2.31. The average Bonchev–Trinajstić information content (AvgIpc) is 2.84. The topological polar surface area (TPSA) is 54.9 Å². The van der Waals surface area contributed by atoms with Gasteiger partial charge >= 0.3 is 0 Å². The number of carbonyl (C=O) groups is 1. The van der Waals surface area contributed by atoms with E-state index in [1.165, 1.54) is 5.56 Å². The number of hydrogen-bond donors (Lipinski definition) is 0. The van der Waals surface area contributed by atoms with Gasteiger partial charge in [-0.1, -0.05) is 38.1 Å². The van der Waals surface area contributed by atoms with E-state index in [1.807, 2.05) is 17.0 Å². The van der Waals surface area contributed by atoms with Gasteiger partial charge in [0, 0.05) is 49.9 Å². The van der Waals surface area contributed by atoms with Crippen LogP contribution in [0.3, 0.4) is 0 Å². The second-order valence-electron chi connectivity index (χ2n) is 9.55. The van der Waals surface area contributed by atoms with Gasteiger partial charge in [-0.25, -0.2) is 0 Å². The number of morpholine rings is 1. The van der Waals surface area contributed by atoms with Crippen molar-refractivity contribution in [2.45, 2.75) is 40.0 Å². The maximum absolute atomic E-state index is 13.6. The Balaban J connectivity index is 1.47. The molecule has 1 aromatic heterocycles. The number of rotatable bonds is 8. The van der Waals surface area contributed by atoms with Crippen molar-refractivity contribution in [3.63, 3.8) is 0 Å². The highest BCUT2D eigenvalue weighted by molar-refractivity contribution is 5.82.